The molecule has 0 aliphatic carbocycles. The van der Waals surface area contributed by atoms with E-state index in [9.17, 15) is 9.59 Å². The molecule has 3 rings (SSSR count). The maximum Gasteiger partial charge on any atom is 0.336 e. The molecule has 0 saturated carbocycles. The zero-order valence-corrected chi connectivity index (χ0v) is 25.8. The zero-order valence-electron chi connectivity index (χ0n) is 25.8. The summed E-state index contributed by atoms with van der Waals surface area (Å²) in [4.78, 5) is 37.7. The molecule has 1 aliphatic rings. The highest BCUT2D eigenvalue weighted by atomic mass is 16.5. The monoisotopic (exact) mass is 594 g/mol. The number of esters is 2. The van der Waals surface area contributed by atoms with Crippen LogP contribution in [0, 0.1) is 0 Å². The number of rotatable bonds is 17. The van der Waals surface area contributed by atoms with E-state index in [1.54, 1.807) is 20.2 Å². The Morgan fingerprint density at radius 3 is 2.30 bits per heavy atom. The molecule has 1 aromatic heterocycles. The molecule has 0 bridgehead atoms. The van der Waals surface area contributed by atoms with Crippen molar-refractivity contribution in [3.8, 4) is 5.75 Å². The summed E-state index contributed by atoms with van der Waals surface area (Å²) in [5.41, 5.74) is 9.81. The maximum atomic E-state index is 13.1. The number of dihydropyridines is 1. The summed E-state index contributed by atoms with van der Waals surface area (Å²) in [6.45, 7) is 9.52. The second kappa shape index (κ2) is 17.6. The first kappa shape index (κ1) is 33.2. The van der Waals surface area contributed by atoms with E-state index in [1.165, 1.54) is 0 Å². The number of imidazole rings is 1. The fourth-order valence-electron chi connectivity index (χ4n) is 5.04. The van der Waals surface area contributed by atoms with Crippen LogP contribution in [0.4, 0.5) is 0 Å². The number of guanidine groups is 1. The molecule has 0 saturated heterocycles. The predicted octanol–water partition coefficient (Wildman–Crippen LogP) is 4.25. The lowest BCUT2D eigenvalue weighted by Crippen LogP contribution is -2.32. The molecule has 234 valence electrons. The van der Waals surface area contributed by atoms with Gasteiger partial charge in [-0.25, -0.2) is 14.6 Å². The number of aliphatic imine (C=N–C) groups is 1. The second-order valence-corrected chi connectivity index (χ2v) is 10.3. The number of para-hydroxylation sites is 1. The molecule has 11 nitrogen and oxygen atoms in total. The van der Waals surface area contributed by atoms with Gasteiger partial charge in [0.15, 0.2) is 5.96 Å². The van der Waals surface area contributed by atoms with Gasteiger partial charge < -0.3 is 35.6 Å². The summed E-state index contributed by atoms with van der Waals surface area (Å²) < 4.78 is 17.0. The van der Waals surface area contributed by atoms with Gasteiger partial charge in [0.2, 0.25) is 0 Å². The van der Waals surface area contributed by atoms with Gasteiger partial charge >= 0.3 is 11.9 Å². The van der Waals surface area contributed by atoms with Crippen LogP contribution in [0.25, 0.3) is 0 Å². The van der Waals surface area contributed by atoms with Gasteiger partial charge in [0, 0.05) is 41.9 Å². The Kier molecular flexibility index (Phi) is 13.6. The first-order valence-corrected chi connectivity index (χ1v) is 15.1. The maximum absolute atomic E-state index is 13.1. The van der Waals surface area contributed by atoms with E-state index < -0.39 is 17.9 Å². The molecule has 0 radical (unpaired) electrons. The van der Waals surface area contributed by atoms with Crippen LogP contribution >= 0.6 is 0 Å². The standard InChI is InChI=1S/C32H46N6O5/c1-5-41-30(39)27-22(3)38-23(4)28(31(40)42-6-2)29(27)25-15-9-10-16-26(25)43-19-12-8-7-11-17-35-32(33)36-18-13-14-24-20-34-21-37-24/h9-10,15-16,20-21,29,38H,5-8,11-14,17-19H2,1-4H3,(H,34,37)(H3,33,35,36). The summed E-state index contributed by atoms with van der Waals surface area (Å²) in [6.07, 6.45) is 9.13. The number of H-pyrrole nitrogens is 1. The van der Waals surface area contributed by atoms with Gasteiger partial charge in [0.1, 0.15) is 5.75 Å². The number of nitrogens with two attached hydrogens (primary N) is 1. The summed E-state index contributed by atoms with van der Waals surface area (Å²) >= 11 is 0. The smallest absolute Gasteiger partial charge is 0.336 e. The molecule has 5 N–H and O–H groups in total. The van der Waals surface area contributed by atoms with Gasteiger partial charge in [0.25, 0.3) is 0 Å². The molecule has 0 fully saturated rings. The number of carbonyl (C=O) groups excluding carboxylic acids is 2. The zero-order chi connectivity index (χ0) is 31.0. The first-order valence-electron chi connectivity index (χ1n) is 15.1. The highest BCUT2D eigenvalue weighted by Crippen LogP contribution is 2.42. The van der Waals surface area contributed by atoms with Gasteiger partial charge in [-0.05, 0) is 59.4 Å². The average molecular weight is 595 g/mol. The minimum Gasteiger partial charge on any atom is -0.493 e. The van der Waals surface area contributed by atoms with Crippen molar-refractivity contribution in [3.05, 3.63) is 70.6 Å². The third-order valence-electron chi connectivity index (χ3n) is 7.06. The lowest BCUT2D eigenvalue weighted by molar-refractivity contribution is -0.139. The molecular weight excluding hydrogens is 548 g/mol. The number of unbranched alkanes of at least 4 members (excludes halogenated alkanes) is 3. The lowest BCUT2D eigenvalue weighted by atomic mass is 9.80. The molecule has 43 heavy (non-hydrogen) atoms. The number of ether oxygens (including phenoxy) is 3. The first-order chi connectivity index (χ1) is 20.9. The lowest BCUT2D eigenvalue weighted by Gasteiger charge is -2.31. The van der Waals surface area contributed by atoms with E-state index >= 15 is 0 Å². The van der Waals surface area contributed by atoms with Gasteiger partial charge in [-0.15, -0.1) is 0 Å². The van der Waals surface area contributed by atoms with Gasteiger partial charge in [-0.3, -0.25) is 4.99 Å². The summed E-state index contributed by atoms with van der Waals surface area (Å²) in [5, 5.41) is 6.35. The topological polar surface area (TPSA) is 153 Å². The van der Waals surface area contributed by atoms with E-state index in [0.29, 0.717) is 47.4 Å². The number of hydrogen-bond donors (Lipinski definition) is 4. The van der Waals surface area contributed by atoms with Crippen molar-refractivity contribution in [2.75, 3.05) is 32.9 Å². The number of nitrogens with zero attached hydrogens (tertiary/aromatic N) is 2. The number of hydrogen-bond acceptors (Lipinski definition) is 8. The van der Waals surface area contributed by atoms with Crippen LogP contribution < -0.4 is 21.1 Å². The summed E-state index contributed by atoms with van der Waals surface area (Å²) in [7, 11) is 0. The third kappa shape index (κ3) is 9.90. The van der Waals surface area contributed by atoms with Crippen LogP contribution in [0.2, 0.25) is 0 Å². The van der Waals surface area contributed by atoms with Gasteiger partial charge in [-0.1, -0.05) is 31.0 Å². The molecular formula is C32H46N6O5. The predicted molar refractivity (Wildman–Crippen MR) is 166 cm³/mol. The SMILES string of the molecule is CCOC(=O)C1=C(C)NC(C)=C(C(=O)OCC)C1c1ccccc1OCCCCCCNC(N)=NCCCc1cnc[nH]1. The van der Waals surface area contributed by atoms with Crippen molar-refractivity contribution in [1.29, 1.82) is 0 Å². The normalized spacial score (nSPS) is 14.0. The fourth-order valence-corrected chi connectivity index (χ4v) is 5.04. The largest absolute Gasteiger partial charge is 0.493 e. The average Bonchev–Trinajstić information content (AvgIpc) is 3.50. The fraction of sp³-hybridized carbons (Fsp3) is 0.500. The van der Waals surface area contributed by atoms with E-state index in [4.69, 9.17) is 19.9 Å². The minimum absolute atomic E-state index is 0.222. The van der Waals surface area contributed by atoms with Crippen molar-refractivity contribution in [2.45, 2.75) is 72.1 Å². The number of aromatic amines is 1. The van der Waals surface area contributed by atoms with Gasteiger partial charge in [-0.2, -0.15) is 0 Å². The van der Waals surface area contributed by atoms with Crippen molar-refractivity contribution in [2.24, 2.45) is 10.7 Å². The molecule has 2 aromatic rings. The van der Waals surface area contributed by atoms with Crippen molar-refractivity contribution >= 4 is 17.9 Å². The second-order valence-electron chi connectivity index (χ2n) is 10.3. The summed E-state index contributed by atoms with van der Waals surface area (Å²) in [5.74, 6) is -0.540. The number of allylic oxidation sites excluding steroid dienone is 2. The Balaban J connectivity index is 1.53. The van der Waals surface area contributed by atoms with E-state index in [2.05, 4.69) is 25.6 Å². The minimum atomic E-state index is -0.681. The Morgan fingerprint density at radius 2 is 1.65 bits per heavy atom. The van der Waals surface area contributed by atoms with E-state index in [0.717, 1.165) is 56.3 Å². The molecule has 2 heterocycles. The quantitative estimate of drug-likeness (QED) is 0.0911. The summed E-state index contributed by atoms with van der Waals surface area (Å²) in [6, 6.07) is 7.52. The molecule has 0 unspecified atom stereocenters. The van der Waals surface area contributed by atoms with Crippen LogP contribution in [0.15, 0.2) is 64.3 Å². The van der Waals surface area contributed by atoms with Crippen LogP contribution in [0.3, 0.4) is 0 Å². The molecule has 1 aliphatic heterocycles. The van der Waals surface area contributed by atoms with E-state index in [-0.39, 0.29) is 13.2 Å². The van der Waals surface area contributed by atoms with Crippen LogP contribution in [0.1, 0.15) is 77.0 Å². The Hall–Kier alpha value is -4.28. The van der Waals surface area contributed by atoms with Crippen LogP contribution in [-0.2, 0) is 25.5 Å². The van der Waals surface area contributed by atoms with E-state index in [1.807, 2.05) is 44.3 Å². The number of aryl methyl sites for hydroxylation is 1. The Morgan fingerprint density at radius 1 is 0.977 bits per heavy atom. The number of benzene rings is 1. The Bertz CT molecular complexity index is 1240. The highest BCUT2D eigenvalue weighted by molar-refractivity contribution is 6.00. The number of aromatic nitrogens is 2. The molecule has 0 spiro atoms. The van der Waals surface area contributed by atoms with Crippen molar-refractivity contribution < 1.29 is 23.8 Å². The number of carbonyl (C=O) groups is 2. The highest BCUT2D eigenvalue weighted by Gasteiger charge is 2.39. The van der Waals surface area contributed by atoms with Crippen molar-refractivity contribution in [1.82, 2.24) is 20.6 Å². The van der Waals surface area contributed by atoms with Crippen molar-refractivity contribution in [3.63, 3.8) is 0 Å². The third-order valence-corrected chi connectivity index (χ3v) is 7.06. The molecule has 0 amide bonds. The van der Waals surface area contributed by atoms with Crippen LogP contribution in [0.5, 0.6) is 5.75 Å². The Labute approximate surface area is 254 Å². The number of nitrogens with one attached hydrogen (secondary N) is 3. The van der Waals surface area contributed by atoms with Crippen LogP contribution in [-0.4, -0.2) is 60.8 Å². The molecule has 1 aromatic carbocycles. The molecule has 0 atom stereocenters. The molecule has 11 heteroatoms. The van der Waals surface area contributed by atoms with Gasteiger partial charge in [0.05, 0.1) is 43.2 Å².